The van der Waals surface area contributed by atoms with Crippen LogP contribution in [0.4, 0.5) is 0 Å². The minimum absolute atomic E-state index is 0.274. The van der Waals surface area contributed by atoms with Gasteiger partial charge in [0.15, 0.2) is 11.5 Å². The number of carbonyl (C=O) groups is 2. The van der Waals surface area contributed by atoms with Crippen molar-refractivity contribution >= 4 is 33.6 Å². The van der Waals surface area contributed by atoms with Gasteiger partial charge in [0.25, 0.3) is 11.8 Å². The lowest BCUT2D eigenvalue weighted by atomic mass is 10.0. The molecule has 0 bridgehead atoms. The molecule has 3 aromatic carbocycles. The van der Waals surface area contributed by atoms with Gasteiger partial charge in [-0.15, -0.1) is 0 Å². The first-order valence-electron chi connectivity index (χ1n) is 8.81. The Hall–Kier alpha value is -3.80. The third kappa shape index (κ3) is 2.15. The third-order valence-corrected chi connectivity index (χ3v) is 5.08. The summed E-state index contributed by atoms with van der Waals surface area (Å²) in [4.78, 5) is 30.2. The normalized spacial score (nSPS) is 13.4. The number of para-hydroxylation sites is 3. The summed E-state index contributed by atoms with van der Waals surface area (Å²) in [5, 5.41) is 1.63. The van der Waals surface area contributed by atoms with Gasteiger partial charge in [0.1, 0.15) is 5.75 Å². The van der Waals surface area contributed by atoms with E-state index in [0.717, 1.165) is 26.7 Å². The van der Waals surface area contributed by atoms with Crippen molar-refractivity contribution in [3.8, 4) is 17.2 Å². The Bertz CT molecular complexity index is 1290. The molecule has 138 valence electrons. The molecular weight excluding hydrogens is 356 g/mol. The molecule has 0 aliphatic carbocycles. The van der Waals surface area contributed by atoms with E-state index in [1.165, 1.54) is 7.05 Å². The maximum atomic E-state index is 12.9. The van der Waals surface area contributed by atoms with Gasteiger partial charge >= 0.3 is 0 Å². The van der Waals surface area contributed by atoms with Gasteiger partial charge in [-0.2, -0.15) is 0 Å². The van der Waals surface area contributed by atoms with Crippen LogP contribution in [0.2, 0.25) is 0 Å². The van der Waals surface area contributed by atoms with E-state index in [1.54, 1.807) is 25.3 Å². The van der Waals surface area contributed by atoms with E-state index in [1.807, 2.05) is 36.4 Å². The van der Waals surface area contributed by atoms with E-state index in [0.29, 0.717) is 22.8 Å². The summed E-state index contributed by atoms with van der Waals surface area (Å²) in [6.45, 7) is 0. The van der Waals surface area contributed by atoms with Crippen LogP contribution in [0.15, 0.2) is 54.6 Å². The van der Waals surface area contributed by atoms with Crippen LogP contribution >= 0.6 is 0 Å². The van der Waals surface area contributed by atoms with Gasteiger partial charge in [0.05, 0.1) is 23.8 Å². The van der Waals surface area contributed by atoms with Crippen LogP contribution in [0.5, 0.6) is 17.2 Å². The highest BCUT2D eigenvalue weighted by Crippen LogP contribution is 2.42. The summed E-state index contributed by atoms with van der Waals surface area (Å²) < 4.78 is 11.4. The van der Waals surface area contributed by atoms with Crippen molar-refractivity contribution < 1.29 is 19.1 Å². The van der Waals surface area contributed by atoms with E-state index < -0.39 is 0 Å². The minimum Gasteiger partial charge on any atom is -0.493 e. The number of aromatic nitrogens is 1. The number of ether oxygens (including phenoxy) is 2. The van der Waals surface area contributed by atoms with Gasteiger partial charge in [-0.3, -0.25) is 14.5 Å². The van der Waals surface area contributed by atoms with Crippen molar-refractivity contribution in [2.75, 3.05) is 14.2 Å². The third-order valence-electron chi connectivity index (χ3n) is 5.08. The van der Waals surface area contributed by atoms with Crippen LogP contribution in [0.3, 0.4) is 0 Å². The van der Waals surface area contributed by atoms with Crippen molar-refractivity contribution in [1.82, 2.24) is 9.88 Å². The Labute approximate surface area is 160 Å². The summed E-state index contributed by atoms with van der Waals surface area (Å²) in [6.07, 6.45) is 0. The lowest BCUT2D eigenvalue weighted by Crippen LogP contribution is -2.24. The van der Waals surface area contributed by atoms with Crippen LogP contribution in [0.25, 0.3) is 21.8 Å². The smallest absolute Gasteiger partial charge is 0.265 e. The minimum atomic E-state index is -0.378. The molecule has 4 aromatic rings. The molecule has 1 aliphatic heterocycles. The van der Waals surface area contributed by atoms with Gasteiger partial charge in [0, 0.05) is 29.4 Å². The monoisotopic (exact) mass is 372 g/mol. The van der Waals surface area contributed by atoms with Gasteiger partial charge in [-0.05, 0) is 18.2 Å². The second-order valence-electron chi connectivity index (χ2n) is 6.64. The summed E-state index contributed by atoms with van der Waals surface area (Å²) >= 11 is 0. The van der Waals surface area contributed by atoms with E-state index in [-0.39, 0.29) is 17.4 Å². The molecule has 2 amide bonds. The molecule has 0 spiro atoms. The number of fused-ring (bicyclic) bond motifs is 5. The highest BCUT2D eigenvalue weighted by atomic mass is 16.5. The molecule has 6 nitrogen and oxygen atoms in total. The van der Waals surface area contributed by atoms with Crippen LogP contribution in [0, 0.1) is 0 Å². The number of amides is 2. The first-order chi connectivity index (χ1) is 13.6. The molecule has 0 unspecified atom stereocenters. The maximum Gasteiger partial charge on any atom is 0.265 e. The second kappa shape index (κ2) is 5.85. The summed E-state index contributed by atoms with van der Waals surface area (Å²) in [5.74, 6) is 0.620. The Morgan fingerprint density at radius 3 is 2.29 bits per heavy atom. The number of rotatable bonds is 3. The van der Waals surface area contributed by atoms with E-state index in [2.05, 4.69) is 4.98 Å². The number of hydrogen-bond donors (Lipinski definition) is 1. The van der Waals surface area contributed by atoms with Crippen molar-refractivity contribution in [2.24, 2.45) is 0 Å². The van der Waals surface area contributed by atoms with Gasteiger partial charge in [-0.25, -0.2) is 0 Å². The molecule has 1 aliphatic rings. The van der Waals surface area contributed by atoms with E-state index >= 15 is 0 Å². The molecule has 0 fully saturated rings. The number of aromatic amines is 1. The predicted molar refractivity (Wildman–Crippen MR) is 105 cm³/mol. The SMILES string of the molecule is COc1ccccc1Oc1cc2[nH]c3ccccc3c2c2c1C(=O)N(C)C2=O. The van der Waals surface area contributed by atoms with Crippen LogP contribution in [0.1, 0.15) is 20.7 Å². The molecule has 0 atom stereocenters. The van der Waals surface area contributed by atoms with E-state index in [9.17, 15) is 9.59 Å². The van der Waals surface area contributed by atoms with Gasteiger partial charge in [0.2, 0.25) is 0 Å². The number of nitrogens with zero attached hydrogens (tertiary/aromatic N) is 1. The standard InChI is InChI=1S/C22H16N2O4/c1-24-21(25)19-17(28-16-10-6-5-9-15(16)27-2)11-14-18(20(19)22(24)26)12-7-3-4-8-13(12)23-14/h3-11,23H,1-2H3. The number of imide groups is 1. The first-order valence-corrected chi connectivity index (χ1v) is 8.81. The fraction of sp³-hybridized carbons (Fsp3) is 0.0909. The van der Waals surface area contributed by atoms with Gasteiger partial charge in [-0.1, -0.05) is 30.3 Å². The number of methoxy groups -OCH3 is 1. The molecule has 6 heteroatoms. The molecule has 1 aromatic heterocycles. The Morgan fingerprint density at radius 2 is 1.50 bits per heavy atom. The number of nitrogens with one attached hydrogen (secondary N) is 1. The maximum absolute atomic E-state index is 12.9. The highest BCUT2D eigenvalue weighted by molar-refractivity contribution is 6.31. The topological polar surface area (TPSA) is 71.6 Å². The van der Waals surface area contributed by atoms with Gasteiger partial charge < -0.3 is 14.5 Å². The zero-order chi connectivity index (χ0) is 19.4. The summed E-state index contributed by atoms with van der Waals surface area (Å²) in [7, 11) is 3.04. The Morgan fingerprint density at radius 1 is 0.821 bits per heavy atom. The zero-order valence-electron chi connectivity index (χ0n) is 15.3. The largest absolute Gasteiger partial charge is 0.493 e. The molecular formula is C22H16N2O4. The number of carbonyl (C=O) groups excluding carboxylic acids is 2. The van der Waals surface area contributed by atoms with Crippen molar-refractivity contribution in [1.29, 1.82) is 0 Å². The number of benzene rings is 3. The fourth-order valence-corrected chi connectivity index (χ4v) is 3.75. The molecule has 1 N–H and O–H groups in total. The average Bonchev–Trinajstić information content (AvgIpc) is 3.19. The Balaban J connectivity index is 1.83. The molecule has 0 radical (unpaired) electrons. The first kappa shape index (κ1) is 16.4. The fourth-order valence-electron chi connectivity index (χ4n) is 3.75. The second-order valence-corrected chi connectivity index (χ2v) is 6.64. The van der Waals surface area contributed by atoms with Crippen molar-refractivity contribution in [3.63, 3.8) is 0 Å². The van der Waals surface area contributed by atoms with E-state index in [4.69, 9.17) is 9.47 Å². The summed E-state index contributed by atoms with van der Waals surface area (Å²) in [5.41, 5.74) is 2.27. The van der Waals surface area contributed by atoms with Crippen LogP contribution < -0.4 is 9.47 Å². The Kier molecular flexibility index (Phi) is 3.42. The molecule has 28 heavy (non-hydrogen) atoms. The highest BCUT2D eigenvalue weighted by Gasteiger charge is 2.39. The molecule has 0 saturated carbocycles. The predicted octanol–water partition coefficient (Wildman–Crippen LogP) is 4.35. The number of hydrogen-bond acceptors (Lipinski definition) is 4. The molecule has 5 rings (SSSR count). The zero-order valence-corrected chi connectivity index (χ0v) is 15.3. The quantitative estimate of drug-likeness (QED) is 0.543. The average molecular weight is 372 g/mol. The van der Waals surface area contributed by atoms with Crippen molar-refractivity contribution in [2.45, 2.75) is 0 Å². The molecule has 2 heterocycles. The van der Waals surface area contributed by atoms with Crippen molar-refractivity contribution in [3.05, 3.63) is 65.7 Å². The lowest BCUT2D eigenvalue weighted by Gasteiger charge is -2.12. The molecule has 0 saturated heterocycles. The van der Waals surface area contributed by atoms with Crippen LogP contribution in [-0.4, -0.2) is 35.9 Å². The number of H-pyrrole nitrogens is 1. The summed E-state index contributed by atoms with van der Waals surface area (Å²) in [6, 6.07) is 16.7. The lowest BCUT2D eigenvalue weighted by molar-refractivity contribution is 0.0693. The van der Waals surface area contributed by atoms with Crippen LogP contribution in [-0.2, 0) is 0 Å².